The zero-order chi connectivity index (χ0) is 15.8. The van der Waals surface area contributed by atoms with Gasteiger partial charge in [0.2, 0.25) is 10.9 Å². The summed E-state index contributed by atoms with van der Waals surface area (Å²) in [7, 11) is 0. The average molecular weight is 326 g/mol. The van der Waals surface area contributed by atoms with Crippen LogP contribution in [0.1, 0.15) is 16.4 Å². The summed E-state index contributed by atoms with van der Waals surface area (Å²) in [6.45, 7) is 2.24. The molecule has 0 aliphatic carbocycles. The molecule has 3 aromatic heterocycles. The van der Waals surface area contributed by atoms with E-state index in [2.05, 4.69) is 25.6 Å². The van der Waals surface area contributed by atoms with Crippen LogP contribution in [0.3, 0.4) is 0 Å². The Labute approximate surface area is 135 Å². The van der Waals surface area contributed by atoms with Gasteiger partial charge in [-0.1, -0.05) is 29.5 Å². The number of nitrogens with one attached hydrogen (secondary N) is 2. The van der Waals surface area contributed by atoms with Gasteiger partial charge in [0.25, 0.3) is 0 Å². The maximum Gasteiger partial charge on any atom is 0.234 e. The molecular formula is C15H14N6OS. The lowest BCUT2D eigenvalue weighted by Crippen LogP contribution is -2.24. The Morgan fingerprint density at radius 3 is 3.09 bits per heavy atom. The quantitative estimate of drug-likeness (QED) is 0.599. The molecule has 0 unspecified atom stereocenters. The van der Waals surface area contributed by atoms with Gasteiger partial charge in [-0.3, -0.25) is 4.79 Å². The summed E-state index contributed by atoms with van der Waals surface area (Å²) < 4.78 is 1.69. The molecule has 0 fully saturated rings. The highest BCUT2D eigenvalue weighted by molar-refractivity contribution is 7.16. The Morgan fingerprint density at radius 1 is 1.35 bits per heavy atom. The Bertz CT molecular complexity index is 998. The van der Waals surface area contributed by atoms with Crippen LogP contribution in [-0.2, 0) is 17.8 Å². The monoisotopic (exact) mass is 326 g/mol. The van der Waals surface area contributed by atoms with Crippen LogP contribution in [-0.4, -0.2) is 30.7 Å². The van der Waals surface area contributed by atoms with Crippen molar-refractivity contribution in [3.63, 3.8) is 0 Å². The molecule has 8 heteroatoms. The van der Waals surface area contributed by atoms with Gasteiger partial charge in [0.15, 0.2) is 5.82 Å². The molecule has 0 spiro atoms. The molecule has 2 N–H and O–H groups in total. The molecule has 23 heavy (non-hydrogen) atoms. The van der Waals surface area contributed by atoms with E-state index in [0.717, 1.165) is 32.3 Å². The van der Waals surface area contributed by atoms with Crippen LogP contribution in [0.2, 0.25) is 0 Å². The van der Waals surface area contributed by atoms with Gasteiger partial charge >= 0.3 is 0 Å². The number of amides is 1. The number of nitrogens with zero attached hydrogens (tertiary/aromatic N) is 4. The minimum Gasteiger partial charge on any atom is -0.361 e. The number of aromatic nitrogens is 5. The molecule has 0 aliphatic rings. The zero-order valence-corrected chi connectivity index (χ0v) is 13.2. The van der Waals surface area contributed by atoms with Gasteiger partial charge in [-0.15, -0.1) is 10.2 Å². The van der Waals surface area contributed by atoms with Crippen molar-refractivity contribution in [1.82, 2.24) is 30.1 Å². The fraction of sp³-hybridized carbons (Fsp3) is 0.200. The second kappa shape index (κ2) is 5.47. The third-order valence-electron chi connectivity index (χ3n) is 3.65. The number of aryl methyl sites for hydroxylation is 1. The van der Waals surface area contributed by atoms with Crippen LogP contribution < -0.4 is 5.32 Å². The number of hydrogen-bond donors (Lipinski definition) is 2. The summed E-state index contributed by atoms with van der Waals surface area (Å²) in [6, 6.07) is 7.95. The van der Waals surface area contributed by atoms with Crippen molar-refractivity contribution in [1.29, 1.82) is 0 Å². The van der Waals surface area contributed by atoms with E-state index in [1.54, 1.807) is 4.52 Å². The number of benzene rings is 1. The van der Waals surface area contributed by atoms with Crippen molar-refractivity contribution >= 4 is 33.1 Å². The minimum atomic E-state index is -0.0301. The molecule has 0 saturated heterocycles. The van der Waals surface area contributed by atoms with Gasteiger partial charge in [0, 0.05) is 17.1 Å². The summed E-state index contributed by atoms with van der Waals surface area (Å²) >= 11 is 1.43. The number of H-pyrrole nitrogens is 1. The van der Waals surface area contributed by atoms with E-state index >= 15 is 0 Å². The van der Waals surface area contributed by atoms with Gasteiger partial charge in [0.05, 0.1) is 13.0 Å². The van der Waals surface area contributed by atoms with E-state index in [0.29, 0.717) is 13.0 Å². The SMILES string of the molecule is Cc1nnc2sc(CNC(=O)Cc3c[nH]c4ccccc34)nn12. The normalized spacial score (nSPS) is 11.3. The van der Waals surface area contributed by atoms with Gasteiger partial charge in [0.1, 0.15) is 5.01 Å². The third kappa shape index (κ3) is 2.57. The first-order valence-corrected chi connectivity index (χ1v) is 8.02. The highest BCUT2D eigenvalue weighted by atomic mass is 32.1. The average Bonchev–Trinajstić information content (AvgIpc) is 3.23. The summed E-state index contributed by atoms with van der Waals surface area (Å²) in [5.41, 5.74) is 2.03. The first kappa shape index (κ1) is 13.9. The molecule has 4 rings (SSSR count). The topological polar surface area (TPSA) is 88.0 Å². The standard InChI is InChI=1S/C15H14N6OS/c1-9-18-19-15-21(9)20-14(23-15)8-17-13(22)6-10-7-16-12-5-3-2-4-11(10)12/h2-5,7,16H,6,8H2,1H3,(H,17,22). The number of para-hydroxylation sites is 1. The number of carbonyl (C=O) groups is 1. The molecule has 0 saturated carbocycles. The minimum absolute atomic E-state index is 0.0301. The van der Waals surface area contributed by atoms with Crippen LogP contribution >= 0.6 is 11.3 Å². The summed E-state index contributed by atoms with van der Waals surface area (Å²) in [4.78, 5) is 16.1. The largest absolute Gasteiger partial charge is 0.361 e. The predicted octanol–water partition coefficient (Wildman–Crippen LogP) is 1.83. The number of hydrogen-bond acceptors (Lipinski definition) is 5. The van der Waals surface area contributed by atoms with E-state index < -0.39 is 0 Å². The molecule has 1 amide bonds. The number of aromatic amines is 1. The van der Waals surface area contributed by atoms with Gasteiger partial charge < -0.3 is 10.3 Å². The lowest BCUT2D eigenvalue weighted by atomic mass is 10.1. The van der Waals surface area contributed by atoms with Gasteiger partial charge in [-0.2, -0.15) is 9.61 Å². The maximum absolute atomic E-state index is 12.2. The van der Waals surface area contributed by atoms with Crippen LogP contribution in [0.4, 0.5) is 0 Å². The maximum atomic E-state index is 12.2. The van der Waals surface area contributed by atoms with Crippen molar-refractivity contribution in [2.45, 2.75) is 19.9 Å². The van der Waals surface area contributed by atoms with E-state index in [9.17, 15) is 4.79 Å². The fourth-order valence-electron chi connectivity index (χ4n) is 2.51. The molecule has 3 heterocycles. The van der Waals surface area contributed by atoms with E-state index in [1.165, 1.54) is 11.3 Å². The van der Waals surface area contributed by atoms with Gasteiger partial charge in [-0.05, 0) is 18.6 Å². The highest BCUT2D eigenvalue weighted by Crippen LogP contribution is 2.18. The van der Waals surface area contributed by atoms with Crippen molar-refractivity contribution in [3.05, 3.63) is 46.9 Å². The molecule has 4 aromatic rings. The van der Waals surface area contributed by atoms with Crippen LogP contribution in [0.15, 0.2) is 30.5 Å². The van der Waals surface area contributed by atoms with Crippen molar-refractivity contribution < 1.29 is 4.79 Å². The first-order chi connectivity index (χ1) is 11.2. The summed E-state index contributed by atoms with van der Waals surface area (Å²) in [5.74, 6) is 0.713. The second-order valence-electron chi connectivity index (χ2n) is 5.25. The second-order valence-corrected chi connectivity index (χ2v) is 6.29. The summed E-state index contributed by atoms with van der Waals surface area (Å²) in [5, 5.41) is 17.1. The Kier molecular flexibility index (Phi) is 3.30. The lowest BCUT2D eigenvalue weighted by molar-refractivity contribution is -0.120. The molecule has 0 aliphatic heterocycles. The Balaban J connectivity index is 1.43. The number of rotatable bonds is 4. The van der Waals surface area contributed by atoms with Crippen molar-refractivity contribution in [3.8, 4) is 0 Å². The number of fused-ring (bicyclic) bond motifs is 2. The first-order valence-electron chi connectivity index (χ1n) is 7.20. The smallest absolute Gasteiger partial charge is 0.234 e. The number of carbonyl (C=O) groups excluding carboxylic acids is 1. The molecular weight excluding hydrogens is 312 g/mol. The lowest BCUT2D eigenvalue weighted by Gasteiger charge is -2.02. The molecule has 116 valence electrons. The van der Waals surface area contributed by atoms with E-state index in [-0.39, 0.29) is 5.91 Å². The highest BCUT2D eigenvalue weighted by Gasteiger charge is 2.11. The fourth-order valence-corrected chi connectivity index (χ4v) is 3.33. The molecule has 1 aromatic carbocycles. The van der Waals surface area contributed by atoms with Crippen LogP contribution in [0, 0.1) is 6.92 Å². The molecule has 7 nitrogen and oxygen atoms in total. The summed E-state index contributed by atoms with van der Waals surface area (Å²) in [6.07, 6.45) is 2.23. The molecule has 0 atom stereocenters. The predicted molar refractivity (Wildman–Crippen MR) is 87.2 cm³/mol. The zero-order valence-electron chi connectivity index (χ0n) is 12.4. The Hall–Kier alpha value is -2.74. The van der Waals surface area contributed by atoms with E-state index in [1.807, 2.05) is 37.4 Å². The van der Waals surface area contributed by atoms with E-state index in [4.69, 9.17) is 0 Å². The van der Waals surface area contributed by atoms with Crippen LogP contribution in [0.25, 0.3) is 15.9 Å². The van der Waals surface area contributed by atoms with Crippen molar-refractivity contribution in [2.75, 3.05) is 0 Å². The van der Waals surface area contributed by atoms with Gasteiger partial charge in [-0.25, -0.2) is 0 Å². The molecule has 0 bridgehead atoms. The third-order valence-corrected chi connectivity index (χ3v) is 4.55. The van der Waals surface area contributed by atoms with Crippen LogP contribution in [0.5, 0.6) is 0 Å². The molecule has 0 radical (unpaired) electrons. The van der Waals surface area contributed by atoms with Crippen molar-refractivity contribution in [2.24, 2.45) is 0 Å². The Morgan fingerprint density at radius 2 is 2.22 bits per heavy atom.